The fourth-order valence-electron chi connectivity index (χ4n) is 2.03. The first-order valence-electron chi connectivity index (χ1n) is 5.75. The van der Waals surface area contributed by atoms with Crippen LogP contribution in [0.2, 0.25) is 0 Å². The van der Waals surface area contributed by atoms with Gasteiger partial charge in [0.05, 0.1) is 24.9 Å². The molecular weight excluding hydrogens is 232 g/mol. The quantitative estimate of drug-likeness (QED) is 0.731. The van der Waals surface area contributed by atoms with E-state index in [2.05, 4.69) is 19.9 Å². The van der Waals surface area contributed by atoms with Crippen LogP contribution in [0.3, 0.4) is 0 Å². The molecule has 0 aliphatic carbocycles. The molecule has 1 aliphatic heterocycles. The molecule has 18 heavy (non-hydrogen) atoms. The van der Waals surface area contributed by atoms with E-state index in [9.17, 15) is 0 Å². The maximum absolute atomic E-state index is 5.85. The van der Waals surface area contributed by atoms with Crippen molar-refractivity contribution in [1.82, 2.24) is 15.0 Å². The number of ether oxygens (including phenoxy) is 1. The highest BCUT2D eigenvalue weighted by molar-refractivity contribution is 5.90. The van der Waals surface area contributed by atoms with Crippen molar-refractivity contribution < 1.29 is 4.74 Å². The van der Waals surface area contributed by atoms with E-state index >= 15 is 0 Å². The van der Waals surface area contributed by atoms with Gasteiger partial charge in [0.2, 0.25) is 5.95 Å². The molecule has 0 amide bonds. The number of anilines is 3. The van der Waals surface area contributed by atoms with Crippen molar-refractivity contribution in [1.29, 1.82) is 0 Å². The first-order chi connectivity index (χ1) is 8.74. The first-order valence-corrected chi connectivity index (χ1v) is 5.75. The minimum Gasteiger partial charge on any atom is -0.383 e. The van der Waals surface area contributed by atoms with Crippen LogP contribution in [0.1, 0.15) is 0 Å². The Kier molecular flexibility index (Phi) is 2.60. The molecule has 2 aromatic heterocycles. The summed E-state index contributed by atoms with van der Waals surface area (Å²) in [6.07, 6.45) is 1.68. The van der Waals surface area contributed by atoms with Crippen molar-refractivity contribution in [3.63, 3.8) is 0 Å². The maximum Gasteiger partial charge on any atom is 0.222 e. The lowest BCUT2D eigenvalue weighted by Crippen LogP contribution is -2.36. The minimum absolute atomic E-state index is 0.168. The molecule has 0 saturated carbocycles. The molecule has 1 saturated heterocycles. The molecule has 1 aliphatic rings. The SMILES string of the molecule is Nc1nc(N)c2cc(N3CCOCC3)ncc2n1. The van der Waals surface area contributed by atoms with E-state index < -0.39 is 0 Å². The smallest absolute Gasteiger partial charge is 0.222 e. The average molecular weight is 246 g/mol. The van der Waals surface area contributed by atoms with Crippen LogP contribution in [0.25, 0.3) is 10.9 Å². The fourth-order valence-corrected chi connectivity index (χ4v) is 2.03. The Balaban J connectivity index is 2.04. The normalized spacial score (nSPS) is 16.1. The van der Waals surface area contributed by atoms with Gasteiger partial charge in [0.25, 0.3) is 0 Å². The Morgan fingerprint density at radius 1 is 1.17 bits per heavy atom. The van der Waals surface area contributed by atoms with Crippen molar-refractivity contribution in [3.8, 4) is 0 Å². The number of hydrogen-bond donors (Lipinski definition) is 2. The Morgan fingerprint density at radius 2 is 1.94 bits per heavy atom. The van der Waals surface area contributed by atoms with Crippen molar-refractivity contribution in [3.05, 3.63) is 12.3 Å². The lowest BCUT2D eigenvalue weighted by molar-refractivity contribution is 0.122. The van der Waals surface area contributed by atoms with Gasteiger partial charge >= 0.3 is 0 Å². The first kappa shape index (κ1) is 11.0. The summed E-state index contributed by atoms with van der Waals surface area (Å²) in [7, 11) is 0. The number of aromatic nitrogens is 3. The highest BCUT2D eigenvalue weighted by atomic mass is 16.5. The number of morpholine rings is 1. The molecule has 1 fully saturated rings. The molecule has 2 aromatic rings. The second-order valence-corrected chi connectivity index (χ2v) is 4.13. The van der Waals surface area contributed by atoms with Gasteiger partial charge in [-0.15, -0.1) is 0 Å². The van der Waals surface area contributed by atoms with Gasteiger partial charge < -0.3 is 21.1 Å². The number of pyridine rings is 1. The molecule has 94 valence electrons. The summed E-state index contributed by atoms with van der Waals surface area (Å²) in [6.45, 7) is 3.09. The molecular formula is C11H14N6O. The molecule has 0 atom stereocenters. The van der Waals surface area contributed by atoms with Crippen LogP contribution in [-0.4, -0.2) is 41.3 Å². The Hall–Kier alpha value is -2.15. The predicted octanol–water partition coefficient (Wildman–Crippen LogP) is 0.0258. The number of hydrogen-bond acceptors (Lipinski definition) is 7. The molecule has 3 heterocycles. The van der Waals surface area contributed by atoms with Crippen LogP contribution in [0.15, 0.2) is 12.3 Å². The monoisotopic (exact) mass is 246 g/mol. The average Bonchev–Trinajstić information content (AvgIpc) is 2.39. The van der Waals surface area contributed by atoms with Crippen molar-refractivity contribution in [2.45, 2.75) is 0 Å². The molecule has 0 radical (unpaired) electrons. The van der Waals surface area contributed by atoms with E-state index in [0.717, 1.165) is 24.3 Å². The van der Waals surface area contributed by atoms with E-state index in [1.54, 1.807) is 6.20 Å². The maximum atomic E-state index is 5.85. The second-order valence-electron chi connectivity index (χ2n) is 4.13. The van der Waals surface area contributed by atoms with Crippen molar-refractivity contribution in [2.75, 3.05) is 42.7 Å². The van der Waals surface area contributed by atoms with Crippen molar-refractivity contribution in [2.24, 2.45) is 0 Å². The molecule has 0 spiro atoms. The lowest BCUT2D eigenvalue weighted by atomic mass is 10.2. The van der Waals surface area contributed by atoms with Crippen LogP contribution >= 0.6 is 0 Å². The highest BCUT2D eigenvalue weighted by Gasteiger charge is 2.14. The van der Waals surface area contributed by atoms with E-state index in [1.807, 2.05) is 6.07 Å². The lowest BCUT2D eigenvalue weighted by Gasteiger charge is -2.27. The molecule has 0 unspecified atom stereocenters. The molecule has 0 bridgehead atoms. The summed E-state index contributed by atoms with van der Waals surface area (Å²) in [5.41, 5.74) is 12.1. The third-order valence-electron chi connectivity index (χ3n) is 2.95. The third-order valence-corrected chi connectivity index (χ3v) is 2.95. The Bertz CT molecular complexity index is 581. The summed E-state index contributed by atoms with van der Waals surface area (Å²) in [6, 6.07) is 1.90. The van der Waals surface area contributed by atoms with Gasteiger partial charge in [-0.25, -0.2) is 9.97 Å². The van der Waals surface area contributed by atoms with Gasteiger partial charge in [0, 0.05) is 18.5 Å². The van der Waals surface area contributed by atoms with Crippen LogP contribution < -0.4 is 16.4 Å². The van der Waals surface area contributed by atoms with Gasteiger partial charge in [-0.1, -0.05) is 0 Å². The van der Waals surface area contributed by atoms with Crippen LogP contribution in [-0.2, 0) is 4.74 Å². The van der Waals surface area contributed by atoms with Gasteiger partial charge in [-0.05, 0) is 6.07 Å². The van der Waals surface area contributed by atoms with Gasteiger partial charge in [0.15, 0.2) is 0 Å². The van der Waals surface area contributed by atoms with E-state index in [4.69, 9.17) is 16.2 Å². The number of nitrogen functional groups attached to an aromatic ring is 2. The minimum atomic E-state index is 0.168. The van der Waals surface area contributed by atoms with Crippen molar-refractivity contribution >= 4 is 28.5 Å². The summed E-state index contributed by atoms with van der Waals surface area (Å²) < 4.78 is 5.31. The van der Waals surface area contributed by atoms with Crippen LogP contribution in [0, 0.1) is 0 Å². The zero-order chi connectivity index (χ0) is 12.5. The van der Waals surface area contributed by atoms with Gasteiger partial charge in [-0.3, -0.25) is 0 Å². The van der Waals surface area contributed by atoms with Gasteiger partial charge in [0.1, 0.15) is 11.6 Å². The summed E-state index contributed by atoms with van der Waals surface area (Å²) in [4.78, 5) is 14.6. The van der Waals surface area contributed by atoms with Gasteiger partial charge in [-0.2, -0.15) is 4.98 Å². The van der Waals surface area contributed by atoms with E-state index in [-0.39, 0.29) is 5.95 Å². The largest absolute Gasteiger partial charge is 0.383 e. The predicted molar refractivity (Wildman–Crippen MR) is 69.2 cm³/mol. The Labute approximate surface area is 104 Å². The number of fused-ring (bicyclic) bond motifs is 1. The summed E-state index contributed by atoms with van der Waals surface area (Å²) >= 11 is 0. The third kappa shape index (κ3) is 1.88. The van der Waals surface area contributed by atoms with Crippen LogP contribution in [0.5, 0.6) is 0 Å². The van der Waals surface area contributed by atoms with Crippen LogP contribution in [0.4, 0.5) is 17.6 Å². The molecule has 3 rings (SSSR count). The highest BCUT2D eigenvalue weighted by Crippen LogP contribution is 2.23. The Morgan fingerprint density at radius 3 is 2.72 bits per heavy atom. The number of nitrogens with two attached hydrogens (primary N) is 2. The molecule has 7 nitrogen and oxygen atoms in total. The van der Waals surface area contributed by atoms with E-state index in [1.165, 1.54) is 0 Å². The molecule has 0 aromatic carbocycles. The molecule has 7 heteroatoms. The number of nitrogens with zero attached hydrogens (tertiary/aromatic N) is 4. The zero-order valence-electron chi connectivity index (χ0n) is 9.83. The summed E-state index contributed by atoms with van der Waals surface area (Å²) in [5, 5.41) is 0.778. The van der Waals surface area contributed by atoms with E-state index in [0.29, 0.717) is 24.5 Å². The fraction of sp³-hybridized carbons (Fsp3) is 0.364. The second kappa shape index (κ2) is 4.26. The standard InChI is InChI=1S/C11H14N6O/c12-10-7-5-9(17-1-3-18-4-2-17)14-6-8(7)15-11(13)16-10/h5-6H,1-4H2,(H4,12,13,15,16). The molecule has 4 N–H and O–H groups in total. The summed E-state index contributed by atoms with van der Waals surface area (Å²) in [5.74, 6) is 1.42. The topological polar surface area (TPSA) is 103 Å². The number of rotatable bonds is 1. The zero-order valence-corrected chi connectivity index (χ0v) is 9.83.